The lowest BCUT2D eigenvalue weighted by Gasteiger charge is -2.07. The SMILES string of the molecule is COc1ccc2cc(NC(=O)Cc3csc(Cc4ccccn4)n3)ccc2c1. The molecule has 0 atom stereocenters. The van der Waals surface area contributed by atoms with Crippen LogP contribution in [0, 0.1) is 0 Å². The second-order valence-corrected chi connectivity index (χ2v) is 7.33. The van der Waals surface area contributed by atoms with Crippen LogP contribution in [-0.4, -0.2) is 23.0 Å². The summed E-state index contributed by atoms with van der Waals surface area (Å²) in [6.45, 7) is 0. The van der Waals surface area contributed by atoms with Crippen LogP contribution in [-0.2, 0) is 17.6 Å². The van der Waals surface area contributed by atoms with Crippen molar-refractivity contribution in [2.24, 2.45) is 0 Å². The standard InChI is InChI=1S/C22H19N3O2S/c1-27-20-8-6-15-10-18(7-5-16(15)11-20)24-21(26)12-19-14-28-22(25-19)13-17-4-2-3-9-23-17/h2-11,14H,12-13H2,1H3,(H,24,26). The van der Waals surface area contributed by atoms with E-state index in [1.165, 1.54) is 0 Å². The maximum absolute atomic E-state index is 12.4. The van der Waals surface area contributed by atoms with Crippen molar-refractivity contribution >= 4 is 33.7 Å². The zero-order chi connectivity index (χ0) is 19.3. The van der Waals surface area contributed by atoms with Gasteiger partial charge in [0.05, 0.1) is 24.2 Å². The zero-order valence-electron chi connectivity index (χ0n) is 15.4. The Hall–Kier alpha value is -3.25. The average Bonchev–Trinajstić information content (AvgIpc) is 3.14. The number of fused-ring (bicyclic) bond motifs is 1. The summed E-state index contributed by atoms with van der Waals surface area (Å²) in [5.41, 5.74) is 2.52. The zero-order valence-corrected chi connectivity index (χ0v) is 16.2. The highest BCUT2D eigenvalue weighted by atomic mass is 32.1. The van der Waals surface area contributed by atoms with Crippen LogP contribution in [0.15, 0.2) is 66.2 Å². The Morgan fingerprint density at radius 1 is 1.07 bits per heavy atom. The number of rotatable bonds is 6. The van der Waals surface area contributed by atoms with E-state index >= 15 is 0 Å². The summed E-state index contributed by atoms with van der Waals surface area (Å²) in [6.07, 6.45) is 2.71. The first-order valence-electron chi connectivity index (χ1n) is 8.90. The first-order chi connectivity index (χ1) is 13.7. The summed E-state index contributed by atoms with van der Waals surface area (Å²) < 4.78 is 5.24. The lowest BCUT2D eigenvalue weighted by atomic mass is 10.1. The minimum atomic E-state index is -0.0810. The van der Waals surface area contributed by atoms with Crippen molar-refractivity contribution < 1.29 is 9.53 Å². The van der Waals surface area contributed by atoms with Crippen molar-refractivity contribution in [3.05, 3.63) is 82.6 Å². The van der Waals surface area contributed by atoms with Gasteiger partial charge in [-0.2, -0.15) is 0 Å². The normalized spacial score (nSPS) is 10.8. The Bertz CT molecular complexity index is 1110. The van der Waals surface area contributed by atoms with E-state index in [4.69, 9.17) is 4.74 Å². The van der Waals surface area contributed by atoms with Crippen molar-refractivity contribution in [2.45, 2.75) is 12.8 Å². The fraction of sp³-hybridized carbons (Fsp3) is 0.136. The highest BCUT2D eigenvalue weighted by molar-refractivity contribution is 7.09. The first kappa shape index (κ1) is 18.1. The Labute approximate surface area is 167 Å². The Balaban J connectivity index is 1.40. The third-order valence-corrected chi connectivity index (χ3v) is 5.23. The number of carbonyl (C=O) groups excluding carboxylic acids is 1. The molecule has 140 valence electrons. The number of nitrogens with zero attached hydrogens (tertiary/aromatic N) is 2. The summed E-state index contributed by atoms with van der Waals surface area (Å²) in [7, 11) is 1.65. The predicted octanol–water partition coefficient (Wildman–Crippen LogP) is 4.47. The molecule has 4 aromatic rings. The maximum Gasteiger partial charge on any atom is 0.230 e. The van der Waals surface area contributed by atoms with E-state index in [0.29, 0.717) is 6.42 Å². The number of benzene rings is 2. The van der Waals surface area contributed by atoms with E-state index in [9.17, 15) is 4.79 Å². The average molecular weight is 389 g/mol. The number of carbonyl (C=O) groups is 1. The van der Waals surface area contributed by atoms with E-state index in [2.05, 4.69) is 15.3 Å². The lowest BCUT2D eigenvalue weighted by molar-refractivity contribution is -0.115. The monoisotopic (exact) mass is 389 g/mol. The van der Waals surface area contributed by atoms with Gasteiger partial charge in [0.25, 0.3) is 0 Å². The second kappa shape index (κ2) is 8.19. The molecule has 4 rings (SSSR count). The topological polar surface area (TPSA) is 64.1 Å². The number of methoxy groups -OCH3 is 1. The molecular weight excluding hydrogens is 370 g/mol. The summed E-state index contributed by atoms with van der Waals surface area (Å²) in [4.78, 5) is 21.3. The molecule has 0 saturated heterocycles. The van der Waals surface area contributed by atoms with Gasteiger partial charge in [0.2, 0.25) is 5.91 Å². The van der Waals surface area contributed by atoms with Gasteiger partial charge in [-0.15, -0.1) is 11.3 Å². The van der Waals surface area contributed by atoms with E-state index in [1.54, 1.807) is 24.6 Å². The molecule has 2 aromatic heterocycles. The molecule has 0 saturated carbocycles. The number of amides is 1. The summed E-state index contributed by atoms with van der Waals surface area (Å²) in [5, 5.41) is 7.96. The van der Waals surface area contributed by atoms with Crippen LogP contribution < -0.4 is 10.1 Å². The number of pyridine rings is 1. The molecule has 0 fully saturated rings. The van der Waals surface area contributed by atoms with Gasteiger partial charge in [-0.3, -0.25) is 9.78 Å². The van der Waals surface area contributed by atoms with Crippen LogP contribution in [0.5, 0.6) is 5.75 Å². The second-order valence-electron chi connectivity index (χ2n) is 6.38. The van der Waals surface area contributed by atoms with Crippen molar-refractivity contribution in [3.63, 3.8) is 0 Å². The third-order valence-electron chi connectivity index (χ3n) is 4.33. The minimum Gasteiger partial charge on any atom is -0.497 e. The van der Waals surface area contributed by atoms with Crippen LogP contribution in [0.1, 0.15) is 16.4 Å². The molecule has 1 N–H and O–H groups in total. The van der Waals surface area contributed by atoms with Gasteiger partial charge in [0, 0.05) is 29.4 Å². The molecule has 0 spiro atoms. The molecule has 2 heterocycles. The van der Waals surface area contributed by atoms with Crippen molar-refractivity contribution in [2.75, 3.05) is 12.4 Å². The van der Waals surface area contributed by atoms with E-state index < -0.39 is 0 Å². The van der Waals surface area contributed by atoms with Crippen molar-refractivity contribution in [1.29, 1.82) is 0 Å². The number of hydrogen-bond acceptors (Lipinski definition) is 5. The van der Waals surface area contributed by atoms with Crippen LogP contribution in [0.3, 0.4) is 0 Å². The Morgan fingerprint density at radius 3 is 2.75 bits per heavy atom. The third kappa shape index (κ3) is 4.35. The highest BCUT2D eigenvalue weighted by Gasteiger charge is 2.09. The summed E-state index contributed by atoms with van der Waals surface area (Å²) >= 11 is 1.56. The molecule has 0 aliphatic carbocycles. The molecule has 1 amide bonds. The smallest absolute Gasteiger partial charge is 0.230 e. The summed E-state index contributed by atoms with van der Waals surface area (Å²) in [5.74, 6) is 0.733. The number of ether oxygens (including phenoxy) is 1. The van der Waals surface area contributed by atoms with Gasteiger partial charge in [0.1, 0.15) is 5.75 Å². The number of nitrogens with one attached hydrogen (secondary N) is 1. The number of hydrogen-bond donors (Lipinski definition) is 1. The molecular formula is C22H19N3O2S. The van der Waals surface area contributed by atoms with Crippen molar-refractivity contribution in [3.8, 4) is 5.75 Å². The van der Waals surface area contributed by atoms with Crippen LogP contribution >= 0.6 is 11.3 Å². The van der Waals surface area contributed by atoms with Gasteiger partial charge in [0.15, 0.2) is 0 Å². The molecule has 5 nitrogen and oxygen atoms in total. The molecule has 0 unspecified atom stereocenters. The molecule has 2 aromatic carbocycles. The maximum atomic E-state index is 12.4. The summed E-state index contributed by atoms with van der Waals surface area (Å²) in [6, 6.07) is 17.5. The highest BCUT2D eigenvalue weighted by Crippen LogP contribution is 2.24. The fourth-order valence-electron chi connectivity index (χ4n) is 2.97. The molecule has 0 radical (unpaired) electrons. The van der Waals surface area contributed by atoms with E-state index in [1.807, 2.05) is 60.0 Å². The quantitative estimate of drug-likeness (QED) is 0.528. The first-order valence-corrected chi connectivity index (χ1v) is 9.78. The number of aromatic nitrogens is 2. The van der Waals surface area contributed by atoms with Gasteiger partial charge >= 0.3 is 0 Å². The van der Waals surface area contributed by atoms with Gasteiger partial charge in [-0.05, 0) is 47.2 Å². The minimum absolute atomic E-state index is 0.0810. The van der Waals surface area contributed by atoms with E-state index in [-0.39, 0.29) is 12.3 Å². The van der Waals surface area contributed by atoms with E-state index in [0.717, 1.165) is 38.6 Å². The largest absolute Gasteiger partial charge is 0.497 e. The van der Waals surface area contributed by atoms with Crippen LogP contribution in [0.4, 0.5) is 5.69 Å². The molecule has 6 heteroatoms. The van der Waals surface area contributed by atoms with Gasteiger partial charge in [-0.25, -0.2) is 4.98 Å². The van der Waals surface area contributed by atoms with Crippen LogP contribution in [0.25, 0.3) is 10.8 Å². The van der Waals surface area contributed by atoms with Crippen molar-refractivity contribution in [1.82, 2.24) is 9.97 Å². The lowest BCUT2D eigenvalue weighted by Crippen LogP contribution is -2.14. The number of thiazole rings is 1. The predicted molar refractivity (Wildman–Crippen MR) is 112 cm³/mol. The van der Waals surface area contributed by atoms with Crippen LogP contribution in [0.2, 0.25) is 0 Å². The molecule has 28 heavy (non-hydrogen) atoms. The molecule has 0 aliphatic heterocycles. The van der Waals surface area contributed by atoms with Gasteiger partial charge in [-0.1, -0.05) is 18.2 Å². The Kier molecular flexibility index (Phi) is 5.30. The molecule has 0 aliphatic rings. The fourth-order valence-corrected chi connectivity index (χ4v) is 3.78. The van der Waals surface area contributed by atoms with Gasteiger partial charge < -0.3 is 10.1 Å². The Morgan fingerprint density at radius 2 is 1.93 bits per heavy atom. The number of anilines is 1. The molecule has 0 bridgehead atoms.